The molecule has 3 heterocycles. The zero-order valence-electron chi connectivity index (χ0n) is 17.2. The standard InChI is InChI=1S/C23H16ClN3O3S3/c1-33(29,30)15-8-9-17-19(11-15)32-23(26-17)27(13-14-5-4-10-25-12-14)22(28)21-20(24)16-6-2-3-7-18(16)31-21/h2-12H,13H2,1H3. The number of thiophene rings is 1. The summed E-state index contributed by atoms with van der Waals surface area (Å²) in [4.78, 5) is 24.7. The molecule has 0 saturated heterocycles. The number of hydrogen-bond acceptors (Lipinski definition) is 7. The van der Waals surface area contributed by atoms with Crippen LogP contribution in [0.3, 0.4) is 0 Å². The van der Waals surface area contributed by atoms with Crippen molar-refractivity contribution in [3.8, 4) is 0 Å². The molecule has 0 unspecified atom stereocenters. The van der Waals surface area contributed by atoms with Crippen molar-refractivity contribution < 1.29 is 13.2 Å². The summed E-state index contributed by atoms with van der Waals surface area (Å²) in [5, 5.41) is 1.70. The molecule has 33 heavy (non-hydrogen) atoms. The molecule has 0 radical (unpaired) electrons. The summed E-state index contributed by atoms with van der Waals surface area (Å²) in [6.45, 7) is 0.246. The van der Waals surface area contributed by atoms with E-state index in [1.54, 1.807) is 35.5 Å². The number of carbonyl (C=O) groups excluding carboxylic acids is 1. The molecule has 0 bridgehead atoms. The minimum Gasteiger partial charge on any atom is -0.279 e. The molecular weight excluding hydrogens is 498 g/mol. The predicted octanol–water partition coefficient (Wildman–Crippen LogP) is 5.81. The Morgan fingerprint density at radius 1 is 1.06 bits per heavy atom. The average Bonchev–Trinajstić information content (AvgIpc) is 3.38. The van der Waals surface area contributed by atoms with Crippen LogP contribution in [0.15, 0.2) is 71.9 Å². The minimum absolute atomic E-state index is 0.211. The molecule has 5 aromatic rings. The Balaban J connectivity index is 1.62. The van der Waals surface area contributed by atoms with E-state index >= 15 is 0 Å². The van der Waals surface area contributed by atoms with Crippen molar-refractivity contribution in [3.05, 3.63) is 82.5 Å². The highest BCUT2D eigenvalue weighted by Crippen LogP contribution is 2.38. The number of amides is 1. The smallest absolute Gasteiger partial charge is 0.272 e. The lowest BCUT2D eigenvalue weighted by atomic mass is 10.2. The van der Waals surface area contributed by atoms with Crippen molar-refractivity contribution in [1.82, 2.24) is 9.97 Å². The quantitative estimate of drug-likeness (QED) is 0.296. The van der Waals surface area contributed by atoms with Crippen LogP contribution < -0.4 is 4.90 Å². The molecule has 0 spiro atoms. The second-order valence-electron chi connectivity index (χ2n) is 7.39. The van der Waals surface area contributed by atoms with Gasteiger partial charge in [0, 0.05) is 28.7 Å². The van der Waals surface area contributed by atoms with Gasteiger partial charge in [-0.25, -0.2) is 13.4 Å². The summed E-state index contributed by atoms with van der Waals surface area (Å²) in [5.74, 6) is -0.271. The van der Waals surface area contributed by atoms with Crippen LogP contribution in [0.4, 0.5) is 5.13 Å². The third-order valence-corrected chi connectivity index (χ3v) is 8.86. The molecule has 0 saturated carbocycles. The van der Waals surface area contributed by atoms with Gasteiger partial charge < -0.3 is 0 Å². The van der Waals surface area contributed by atoms with E-state index in [1.165, 1.54) is 28.7 Å². The van der Waals surface area contributed by atoms with Gasteiger partial charge in [-0.1, -0.05) is 47.2 Å². The topological polar surface area (TPSA) is 80.2 Å². The Bertz CT molecular complexity index is 1610. The normalized spacial score (nSPS) is 11.8. The number of nitrogens with zero attached hydrogens (tertiary/aromatic N) is 3. The number of pyridine rings is 1. The van der Waals surface area contributed by atoms with Crippen molar-refractivity contribution in [1.29, 1.82) is 0 Å². The van der Waals surface area contributed by atoms with Gasteiger partial charge in [-0.2, -0.15) is 0 Å². The van der Waals surface area contributed by atoms with E-state index in [-0.39, 0.29) is 17.3 Å². The number of halogens is 1. The van der Waals surface area contributed by atoms with Gasteiger partial charge in [0.2, 0.25) is 0 Å². The lowest BCUT2D eigenvalue weighted by Crippen LogP contribution is -2.30. The first-order valence-electron chi connectivity index (χ1n) is 9.80. The fraction of sp³-hybridized carbons (Fsp3) is 0.0870. The van der Waals surface area contributed by atoms with Crippen LogP contribution in [-0.4, -0.2) is 30.5 Å². The molecule has 6 nitrogen and oxygen atoms in total. The van der Waals surface area contributed by atoms with Gasteiger partial charge in [-0.05, 0) is 35.9 Å². The van der Waals surface area contributed by atoms with E-state index in [2.05, 4.69) is 9.97 Å². The fourth-order valence-corrected chi connectivity index (χ4v) is 6.60. The maximum atomic E-state index is 13.7. The van der Waals surface area contributed by atoms with Crippen molar-refractivity contribution in [2.24, 2.45) is 0 Å². The van der Waals surface area contributed by atoms with Crippen LogP contribution in [0.25, 0.3) is 20.3 Å². The third kappa shape index (κ3) is 4.24. The van der Waals surface area contributed by atoms with E-state index in [4.69, 9.17) is 11.6 Å². The van der Waals surface area contributed by atoms with Crippen molar-refractivity contribution in [2.75, 3.05) is 11.2 Å². The number of sulfone groups is 1. The average molecular weight is 514 g/mol. The van der Waals surface area contributed by atoms with Crippen LogP contribution >= 0.6 is 34.3 Å². The van der Waals surface area contributed by atoms with Crippen molar-refractivity contribution in [3.63, 3.8) is 0 Å². The molecule has 166 valence electrons. The van der Waals surface area contributed by atoms with Crippen molar-refractivity contribution in [2.45, 2.75) is 11.4 Å². The van der Waals surface area contributed by atoms with E-state index in [9.17, 15) is 13.2 Å². The van der Waals surface area contributed by atoms with E-state index < -0.39 is 9.84 Å². The molecule has 3 aromatic heterocycles. The summed E-state index contributed by atoms with van der Waals surface area (Å²) in [7, 11) is -3.36. The number of hydrogen-bond donors (Lipinski definition) is 0. The second-order valence-corrected chi connectivity index (χ2v) is 11.8. The van der Waals surface area contributed by atoms with Gasteiger partial charge in [0.05, 0.1) is 26.7 Å². The van der Waals surface area contributed by atoms with Crippen LogP contribution in [0.5, 0.6) is 0 Å². The molecule has 0 N–H and O–H groups in total. The second kappa shape index (κ2) is 8.49. The Morgan fingerprint density at radius 3 is 2.61 bits per heavy atom. The molecule has 5 rings (SSSR count). The summed E-state index contributed by atoms with van der Waals surface area (Å²) in [6, 6.07) is 16.1. The number of benzene rings is 2. The molecular formula is C23H16ClN3O3S3. The summed E-state index contributed by atoms with van der Waals surface area (Å²) in [6.07, 6.45) is 4.53. The Hall–Kier alpha value is -2.85. The number of thiazole rings is 1. The molecule has 1 amide bonds. The molecule has 10 heteroatoms. The number of anilines is 1. The summed E-state index contributed by atoms with van der Waals surface area (Å²) < 4.78 is 25.6. The minimum atomic E-state index is -3.36. The maximum Gasteiger partial charge on any atom is 0.272 e. The van der Waals surface area contributed by atoms with Crippen molar-refractivity contribution >= 4 is 75.5 Å². The highest BCUT2D eigenvalue weighted by Gasteiger charge is 2.26. The lowest BCUT2D eigenvalue weighted by Gasteiger charge is -2.19. The molecule has 0 aliphatic carbocycles. The van der Waals surface area contributed by atoms with Crippen LogP contribution in [0, 0.1) is 0 Å². The van der Waals surface area contributed by atoms with Gasteiger partial charge in [0.25, 0.3) is 5.91 Å². The first-order chi connectivity index (χ1) is 15.8. The first kappa shape index (κ1) is 22.0. The van der Waals surface area contributed by atoms with Crippen LogP contribution in [0.1, 0.15) is 15.2 Å². The molecule has 0 aliphatic heterocycles. The zero-order valence-corrected chi connectivity index (χ0v) is 20.4. The lowest BCUT2D eigenvalue weighted by molar-refractivity contribution is 0.0989. The maximum absolute atomic E-state index is 13.7. The molecule has 0 atom stereocenters. The highest BCUT2D eigenvalue weighted by molar-refractivity contribution is 7.90. The largest absolute Gasteiger partial charge is 0.279 e. The monoisotopic (exact) mass is 513 g/mol. The number of aromatic nitrogens is 2. The highest BCUT2D eigenvalue weighted by atomic mass is 35.5. The number of rotatable bonds is 5. The number of fused-ring (bicyclic) bond motifs is 2. The van der Waals surface area contributed by atoms with E-state index in [0.29, 0.717) is 25.2 Å². The zero-order chi connectivity index (χ0) is 23.2. The van der Waals surface area contributed by atoms with Crippen LogP contribution in [0.2, 0.25) is 5.02 Å². The van der Waals surface area contributed by atoms with Gasteiger partial charge in [0.1, 0.15) is 4.88 Å². The number of carbonyl (C=O) groups is 1. The fourth-order valence-electron chi connectivity index (χ4n) is 3.41. The van der Waals surface area contributed by atoms with Gasteiger partial charge in [0.15, 0.2) is 15.0 Å². The SMILES string of the molecule is CS(=O)(=O)c1ccc2nc(N(Cc3cccnc3)C(=O)c3sc4ccccc4c3Cl)sc2c1. The van der Waals surface area contributed by atoms with Gasteiger partial charge >= 0.3 is 0 Å². The predicted molar refractivity (Wildman–Crippen MR) is 134 cm³/mol. The third-order valence-electron chi connectivity index (χ3n) is 5.05. The van der Waals surface area contributed by atoms with Gasteiger partial charge in [-0.3, -0.25) is 14.7 Å². The molecule has 2 aromatic carbocycles. The van der Waals surface area contributed by atoms with Crippen LogP contribution in [-0.2, 0) is 16.4 Å². The van der Waals surface area contributed by atoms with E-state index in [1.807, 2.05) is 30.3 Å². The van der Waals surface area contributed by atoms with Gasteiger partial charge in [-0.15, -0.1) is 11.3 Å². The summed E-state index contributed by atoms with van der Waals surface area (Å²) in [5.41, 5.74) is 1.45. The Morgan fingerprint density at radius 2 is 1.88 bits per heavy atom. The Labute approximate surface area is 203 Å². The molecule has 0 fully saturated rings. The Kier molecular flexibility index (Phi) is 5.65. The molecule has 0 aliphatic rings. The van der Waals surface area contributed by atoms with E-state index in [0.717, 1.165) is 21.9 Å². The summed E-state index contributed by atoms with van der Waals surface area (Å²) >= 11 is 9.20. The first-order valence-corrected chi connectivity index (χ1v) is 13.7.